The Morgan fingerprint density at radius 2 is 1.14 bits per heavy atom. The Kier molecular flexibility index (Phi) is 17.9. The van der Waals surface area contributed by atoms with Crippen molar-refractivity contribution in [3.05, 3.63) is 36.5 Å². The molecule has 15 heteroatoms. The van der Waals surface area contributed by atoms with Gasteiger partial charge in [-0.2, -0.15) is 0 Å². The molecule has 0 bridgehead atoms. The molecule has 9 fully saturated rings. The van der Waals surface area contributed by atoms with Crippen molar-refractivity contribution in [2.24, 2.45) is 41.4 Å². The molecule has 0 N–H and O–H groups in total. The van der Waals surface area contributed by atoms with Gasteiger partial charge in [-0.05, 0) is 91.7 Å². The van der Waals surface area contributed by atoms with Crippen molar-refractivity contribution in [2.75, 3.05) is 19.8 Å². The topological polar surface area (TPSA) is 129 Å². The molecular weight excluding hydrogens is 1040 g/mol. The van der Waals surface area contributed by atoms with E-state index in [1.807, 2.05) is 0 Å². The number of hydrogen-bond acceptors (Lipinski definition) is 14. The fourth-order valence-electron chi connectivity index (χ4n) is 18.3. The first-order valence-electron chi connectivity index (χ1n) is 32.9. The SMILES string of the molecule is CC(C)[Si](OC1C[C@@H]2O[C@@H]3C[C@@H]4O[C@@H]5[C@@H](C)[C@H](C)C6(CCCO6)O[C@H]5[C@@H](C)[C@H](C)[C@H]4O[C@H]3C[C@@H](C)C[C@H]2O[C@@]1(C)[C@H](C)CC1OCC[C@H]2O[C@H]3C=C[C@H]4O[C@H]5[C@H](C)[C@H]6OCC=CC[C@@H]6O[C@@H]5C[C@@H]4O[C@@H]3C/C=C\[C@@H]2O1)(C(C)C)C(C)C. The lowest BCUT2D eigenvalue weighted by Crippen LogP contribution is -2.65. The van der Waals surface area contributed by atoms with Gasteiger partial charge in [0.05, 0.1) is 123 Å². The molecule has 12 aliphatic rings. The molecule has 3 unspecified atom stereocenters. The van der Waals surface area contributed by atoms with E-state index in [0.717, 1.165) is 58.0 Å². The first kappa shape index (κ1) is 60.2. The number of rotatable bonds is 8. The van der Waals surface area contributed by atoms with Crippen LogP contribution in [0.2, 0.25) is 16.6 Å². The molecular formula is C66H106O14Si. The number of ether oxygens (including phenoxy) is 13. The summed E-state index contributed by atoms with van der Waals surface area (Å²) in [6, 6.07) is 0. The Labute approximate surface area is 487 Å². The standard InChI is InChI=1S/C66H106O14Si/c1-35(2)81(36(3)4,37(5)6)80-58-34-54-55(30-38(7)29-51-53(73-54)33-57-61(76-51)40(9)41(10)64-63(77-57)42(11)44(13)66(79-64)25-18-27-69-66)78-65(58,14)39(8)31-59-67-28-24-49-46(74-59)21-17-20-45-47(70-49)22-23-48-52(71-45)32-56-62(75-48)43(12)60-50(72-56)19-15-16-26-68-60/h15-17,21-23,35-64H,18-20,24-34H2,1-14H3/b21-17-/t38-,39-,40+,41+,42+,43-,44+,45-,46+,47+,48-,49-,50+,51+,52+,53-,54+,55-,56-,57+,58?,59?,60-,61-,62+,63-,64+,65+,66?/m1/s1. The summed E-state index contributed by atoms with van der Waals surface area (Å²) >= 11 is 0. The molecule has 458 valence electrons. The molecule has 1 spiro atoms. The third-order valence-corrected chi connectivity index (χ3v) is 29.5. The fraction of sp³-hybridized carbons (Fsp3) is 0.909. The van der Waals surface area contributed by atoms with E-state index in [9.17, 15) is 0 Å². The monoisotopic (exact) mass is 1150 g/mol. The van der Waals surface area contributed by atoms with Crippen LogP contribution < -0.4 is 0 Å². The molecule has 0 aromatic rings. The van der Waals surface area contributed by atoms with Gasteiger partial charge in [0.25, 0.3) is 0 Å². The van der Waals surface area contributed by atoms with Gasteiger partial charge in [-0.3, -0.25) is 0 Å². The highest BCUT2D eigenvalue weighted by Gasteiger charge is 2.62. The minimum Gasteiger partial charge on any atom is -0.410 e. The molecule has 0 saturated carbocycles. The van der Waals surface area contributed by atoms with Crippen LogP contribution >= 0.6 is 0 Å². The minimum atomic E-state index is -2.43. The number of fused-ring (bicyclic) bond motifs is 9. The Morgan fingerprint density at radius 1 is 0.506 bits per heavy atom. The molecule has 0 radical (unpaired) electrons. The molecule has 29 atom stereocenters. The molecule has 14 nitrogen and oxygen atoms in total. The molecule has 12 rings (SSSR count). The van der Waals surface area contributed by atoms with E-state index >= 15 is 0 Å². The zero-order valence-corrected chi connectivity index (χ0v) is 52.9. The lowest BCUT2D eigenvalue weighted by molar-refractivity contribution is -0.335. The maximum absolute atomic E-state index is 8.02. The second kappa shape index (κ2) is 24.1. The van der Waals surface area contributed by atoms with Crippen LogP contribution in [0.4, 0.5) is 0 Å². The first-order valence-corrected chi connectivity index (χ1v) is 35.0. The van der Waals surface area contributed by atoms with E-state index in [4.69, 9.17) is 66.0 Å². The Bertz CT molecular complexity index is 2200. The van der Waals surface area contributed by atoms with Gasteiger partial charge in [0.2, 0.25) is 8.32 Å². The second-order valence-corrected chi connectivity index (χ2v) is 34.5. The van der Waals surface area contributed by atoms with Crippen molar-refractivity contribution in [3.8, 4) is 0 Å². The van der Waals surface area contributed by atoms with E-state index in [1.54, 1.807) is 0 Å². The summed E-state index contributed by atoms with van der Waals surface area (Å²) in [4.78, 5) is 0. The van der Waals surface area contributed by atoms with Crippen molar-refractivity contribution < 1.29 is 66.0 Å². The van der Waals surface area contributed by atoms with Gasteiger partial charge in [-0.25, -0.2) is 0 Å². The van der Waals surface area contributed by atoms with Crippen LogP contribution in [0.25, 0.3) is 0 Å². The van der Waals surface area contributed by atoms with Crippen molar-refractivity contribution in [2.45, 2.75) is 318 Å². The average molecular weight is 1150 g/mol. The van der Waals surface area contributed by atoms with Gasteiger partial charge < -0.3 is 66.0 Å². The lowest BCUT2D eigenvalue weighted by Gasteiger charge is -2.57. The zero-order valence-electron chi connectivity index (χ0n) is 51.9. The van der Waals surface area contributed by atoms with Crippen LogP contribution in [0, 0.1) is 41.4 Å². The summed E-state index contributed by atoms with van der Waals surface area (Å²) in [6.07, 6.45) is 19.5. The molecule has 0 aromatic carbocycles. The van der Waals surface area contributed by atoms with Gasteiger partial charge in [0.1, 0.15) is 18.3 Å². The van der Waals surface area contributed by atoms with Crippen molar-refractivity contribution >= 4 is 8.32 Å². The number of hydrogen-bond donors (Lipinski definition) is 0. The average Bonchev–Trinajstić information content (AvgIpc) is 3.84. The van der Waals surface area contributed by atoms with Crippen LogP contribution in [-0.4, -0.2) is 162 Å². The maximum atomic E-state index is 8.02. The molecule has 0 aliphatic carbocycles. The van der Waals surface area contributed by atoms with Crippen LogP contribution in [-0.2, 0) is 66.0 Å². The maximum Gasteiger partial charge on any atom is 0.200 e. The summed E-state index contributed by atoms with van der Waals surface area (Å²) in [6.45, 7) is 35.0. The molecule has 0 amide bonds. The first-order chi connectivity index (χ1) is 38.8. The predicted molar refractivity (Wildman–Crippen MR) is 310 cm³/mol. The molecule has 9 saturated heterocycles. The smallest absolute Gasteiger partial charge is 0.200 e. The Balaban J connectivity index is 0.753. The zero-order chi connectivity index (χ0) is 56.9. The lowest BCUT2D eigenvalue weighted by atomic mass is 9.73. The third-order valence-electron chi connectivity index (χ3n) is 23.4. The molecule has 81 heavy (non-hydrogen) atoms. The molecule has 0 aromatic heterocycles. The van der Waals surface area contributed by atoms with Crippen LogP contribution in [0.5, 0.6) is 0 Å². The van der Waals surface area contributed by atoms with Crippen molar-refractivity contribution in [1.29, 1.82) is 0 Å². The van der Waals surface area contributed by atoms with E-state index in [1.165, 1.54) is 0 Å². The highest BCUT2D eigenvalue weighted by atomic mass is 28.4. The van der Waals surface area contributed by atoms with Crippen molar-refractivity contribution in [3.63, 3.8) is 0 Å². The minimum absolute atomic E-state index is 0.0123. The van der Waals surface area contributed by atoms with E-state index in [-0.39, 0.29) is 151 Å². The van der Waals surface area contributed by atoms with Crippen molar-refractivity contribution in [1.82, 2.24) is 0 Å². The Hall–Kier alpha value is -1.12. The van der Waals surface area contributed by atoms with Gasteiger partial charge in [0.15, 0.2) is 12.1 Å². The largest absolute Gasteiger partial charge is 0.410 e. The van der Waals surface area contributed by atoms with Gasteiger partial charge in [0, 0.05) is 43.9 Å². The molecule has 12 heterocycles. The highest BCUT2D eigenvalue weighted by Crippen LogP contribution is 2.54. The van der Waals surface area contributed by atoms with Crippen LogP contribution in [0.3, 0.4) is 0 Å². The normalized spacial score (nSPS) is 51.8. The van der Waals surface area contributed by atoms with Gasteiger partial charge >= 0.3 is 0 Å². The summed E-state index contributed by atoms with van der Waals surface area (Å²) in [5.41, 5.74) is 0.540. The van der Waals surface area contributed by atoms with Gasteiger partial charge in [-0.15, -0.1) is 0 Å². The third kappa shape index (κ3) is 11.2. The Morgan fingerprint density at radius 3 is 1.89 bits per heavy atom. The fourth-order valence-corrected chi connectivity index (χ4v) is 23.9. The summed E-state index contributed by atoms with van der Waals surface area (Å²) in [5.74, 6) is 1.06. The highest BCUT2D eigenvalue weighted by molar-refractivity contribution is 6.77. The summed E-state index contributed by atoms with van der Waals surface area (Å²) in [5, 5.41) is 0. The second-order valence-electron chi connectivity index (χ2n) is 29.1. The van der Waals surface area contributed by atoms with Gasteiger partial charge in [-0.1, -0.05) is 126 Å². The molecule has 12 aliphatic heterocycles. The van der Waals surface area contributed by atoms with E-state index in [0.29, 0.717) is 55.0 Å². The summed E-state index contributed by atoms with van der Waals surface area (Å²) in [7, 11) is -2.43. The summed E-state index contributed by atoms with van der Waals surface area (Å²) < 4.78 is 99.5. The van der Waals surface area contributed by atoms with E-state index < -0.39 is 26.0 Å². The van der Waals surface area contributed by atoms with Crippen LogP contribution in [0.15, 0.2) is 36.5 Å². The van der Waals surface area contributed by atoms with E-state index in [2.05, 4.69) is 133 Å². The quantitative estimate of drug-likeness (QED) is 0.169. The van der Waals surface area contributed by atoms with Crippen LogP contribution in [0.1, 0.15) is 168 Å². The predicted octanol–water partition coefficient (Wildman–Crippen LogP) is 11.8.